The van der Waals surface area contributed by atoms with E-state index in [1.165, 1.54) is 30.5 Å². The first-order valence-electron chi connectivity index (χ1n) is 10.7. The predicted octanol–water partition coefficient (Wildman–Crippen LogP) is 4.39. The summed E-state index contributed by atoms with van der Waals surface area (Å²) in [6.07, 6.45) is -1.71. The van der Waals surface area contributed by atoms with Gasteiger partial charge in [0.15, 0.2) is 0 Å². The summed E-state index contributed by atoms with van der Waals surface area (Å²) < 4.78 is 79.3. The van der Waals surface area contributed by atoms with E-state index in [1.807, 2.05) is 0 Å². The number of hydrogen-bond acceptors (Lipinski definition) is 5. The summed E-state index contributed by atoms with van der Waals surface area (Å²) in [4.78, 5) is 22.5. The number of pyridine rings is 2. The van der Waals surface area contributed by atoms with Crippen molar-refractivity contribution in [3.63, 3.8) is 0 Å². The molecule has 2 aromatic heterocycles. The van der Waals surface area contributed by atoms with Gasteiger partial charge in [-0.05, 0) is 48.7 Å². The number of alkyl halides is 3. The number of rotatable bonds is 5. The van der Waals surface area contributed by atoms with Crippen molar-refractivity contribution in [2.75, 3.05) is 23.3 Å². The Labute approximate surface area is 205 Å². The zero-order chi connectivity index (χ0) is 26.0. The maximum atomic E-state index is 13.8. The van der Waals surface area contributed by atoms with E-state index in [0.717, 1.165) is 6.07 Å². The minimum absolute atomic E-state index is 0.00115. The van der Waals surface area contributed by atoms with Gasteiger partial charge in [-0.2, -0.15) is 13.2 Å². The van der Waals surface area contributed by atoms with E-state index in [-0.39, 0.29) is 34.6 Å². The molecule has 0 spiro atoms. The largest absolute Gasteiger partial charge is 0.417 e. The van der Waals surface area contributed by atoms with Crippen LogP contribution in [0.1, 0.15) is 40.2 Å². The van der Waals surface area contributed by atoms with Crippen LogP contribution in [0.5, 0.6) is 0 Å². The lowest BCUT2D eigenvalue weighted by Gasteiger charge is -2.35. The zero-order valence-corrected chi connectivity index (χ0v) is 19.4. The molecule has 2 unspecified atom stereocenters. The molecule has 1 aliphatic heterocycles. The highest BCUT2D eigenvalue weighted by Crippen LogP contribution is 2.35. The first-order valence-corrected chi connectivity index (χ1v) is 11.9. The molecule has 3 N–H and O–H groups in total. The van der Waals surface area contributed by atoms with Crippen LogP contribution in [0.15, 0.2) is 53.8 Å². The molecule has 2 atom stereocenters. The van der Waals surface area contributed by atoms with Crippen LogP contribution >= 0.6 is 0 Å². The number of hydrogen-bond donors (Lipinski definition) is 2. The van der Waals surface area contributed by atoms with Crippen LogP contribution in [0.2, 0.25) is 0 Å². The Bertz CT molecular complexity index is 1300. The molecule has 0 radical (unpaired) electrons. The fraction of sp³-hybridized carbons (Fsp3) is 0.261. The van der Waals surface area contributed by atoms with Crippen molar-refractivity contribution >= 4 is 28.4 Å². The second kappa shape index (κ2) is 10.3. The predicted molar refractivity (Wildman–Crippen MR) is 123 cm³/mol. The smallest absolute Gasteiger partial charge is 0.355 e. The summed E-state index contributed by atoms with van der Waals surface area (Å²) in [5, 5.41) is 7.74. The van der Waals surface area contributed by atoms with Gasteiger partial charge in [0.1, 0.15) is 33.5 Å². The average Bonchev–Trinajstić information content (AvgIpc) is 2.82. The molecule has 190 valence electrons. The van der Waals surface area contributed by atoms with E-state index in [1.54, 1.807) is 4.90 Å². The van der Waals surface area contributed by atoms with Gasteiger partial charge in [0.05, 0.1) is 11.1 Å². The van der Waals surface area contributed by atoms with Gasteiger partial charge in [0, 0.05) is 43.2 Å². The summed E-state index contributed by atoms with van der Waals surface area (Å²) in [6, 6.07) is 6.50. The minimum Gasteiger partial charge on any atom is -0.355 e. The van der Waals surface area contributed by atoms with E-state index >= 15 is 0 Å². The second-order valence-electron chi connectivity index (χ2n) is 8.22. The third-order valence-corrected chi connectivity index (χ3v) is 6.35. The first-order chi connectivity index (χ1) is 17.0. The maximum Gasteiger partial charge on any atom is 0.417 e. The van der Waals surface area contributed by atoms with E-state index in [9.17, 15) is 31.0 Å². The van der Waals surface area contributed by atoms with Crippen molar-refractivity contribution in [3.8, 4) is 0 Å². The molecule has 0 saturated carbocycles. The molecule has 3 heterocycles. The Hall–Kier alpha value is -3.45. The van der Waals surface area contributed by atoms with Gasteiger partial charge in [-0.3, -0.25) is 4.79 Å². The molecule has 4 rings (SSSR count). The zero-order valence-electron chi connectivity index (χ0n) is 18.6. The number of nitrogens with one attached hydrogen (secondary N) is 1. The molecule has 36 heavy (non-hydrogen) atoms. The summed E-state index contributed by atoms with van der Waals surface area (Å²) in [7, 11) is -1.93. The van der Waals surface area contributed by atoms with Crippen LogP contribution in [0.25, 0.3) is 0 Å². The molecule has 1 amide bonds. The normalized spacial score (nSPS) is 17.1. The Balaban J connectivity index is 1.68. The van der Waals surface area contributed by atoms with Gasteiger partial charge in [0.2, 0.25) is 0 Å². The van der Waals surface area contributed by atoms with E-state index in [2.05, 4.69) is 15.3 Å². The van der Waals surface area contributed by atoms with Gasteiger partial charge in [0.25, 0.3) is 5.91 Å². The number of anilines is 2. The van der Waals surface area contributed by atoms with Gasteiger partial charge in [-0.1, -0.05) is 0 Å². The molecule has 3 aromatic rings. The molecule has 13 heteroatoms. The molecule has 1 aromatic carbocycles. The summed E-state index contributed by atoms with van der Waals surface area (Å²) in [6.45, 7) is 0.561. The van der Waals surface area contributed by atoms with Crippen LogP contribution in [-0.4, -0.2) is 33.2 Å². The fourth-order valence-corrected chi connectivity index (χ4v) is 4.49. The number of nitrogens with two attached hydrogens (primary N) is 1. The van der Waals surface area contributed by atoms with Crippen molar-refractivity contribution in [1.29, 1.82) is 0 Å². The number of aromatic nitrogens is 2. The van der Waals surface area contributed by atoms with Gasteiger partial charge in [-0.25, -0.2) is 28.1 Å². The average molecular weight is 526 g/mol. The van der Waals surface area contributed by atoms with Crippen LogP contribution in [-0.2, 0) is 17.2 Å². The van der Waals surface area contributed by atoms with Gasteiger partial charge in [-0.15, -0.1) is 0 Å². The quantitative estimate of drug-likeness (QED) is 0.482. The third-order valence-electron chi connectivity index (χ3n) is 5.71. The van der Waals surface area contributed by atoms with Crippen molar-refractivity contribution < 1.29 is 31.0 Å². The standard InChI is InChI=1S/C23H20F5N5O2S/c24-16-6-14(7-17(25)9-16)13-2-1-5-33(12-13)21-19(8-15(11-31-21)23(26,27)28)22(34)32-18-3-4-30-20(10-18)36(29)35/h3-4,6-11,13H,1-2,5,12,29H2,(H,30,32,34). The van der Waals surface area contributed by atoms with E-state index < -0.39 is 40.3 Å². The second-order valence-corrected chi connectivity index (χ2v) is 9.23. The van der Waals surface area contributed by atoms with Crippen LogP contribution < -0.4 is 15.4 Å². The Morgan fingerprint density at radius 3 is 2.50 bits per heavy atom. The third kappa shape index (κ3) is 5.85. The van der Waals surface area contributed by atoms with Crippen molar-refractivity contribution in [2.45, 2.75) is 30.0 Å². The van der Waals surface area contributed by atoms with Crippen molar-refractivity contribution in [2.24, 2.45) is 5.14 Å². The maximum absolute atomic E-state index is 13.8. The number of carbonyl (C=O) groups is 1. The monoisotopic (exact) mass is 525 g/mol. The SMILES string of the molecule is NS(=O)c1cc(NC(=O)c2cc(C(F)(F)F)cnc2N2CCCC(c3cc(F)cc(F)c3)C2)ccn1. The number of benzene rings is 1. The van der Waals surface area contributed by atoms with E-state index in [4.69, 9.17) is 5.14 Å². The van der Waals surface area contributed by atoms with Crippen LogP contribution in [0, 0.1) is 11.6 Å². The lowest BCUT2D eigenvalue weighted by atomic mass is 9.90. The number of nitrogens with zero attached hydrogens (tertiary/aromatic N) is 3. The molecule has 1 saturated heterocycles. The number of halogens is 5. The molecule has 1 fully saturated rings. The van der Waals surface area contributed by atoms with Gasteiger partial charge >= 0.3 is 6.18 Å². The van der Waals surface area contributed by atoms with Crippen molar-refractivity contribution in [3.05, 3.63) is 77.1 Å². The lowest BCUT2D eigenvalue weighted by molar-refractivity contribution is -0.137. The molecular formula is C23H20F5N5O2S. The minimum atomic E-state index is -4.75. The van der Waals surface area contributed by atoms with Crippen LogP contribution in [0.3, 0.4) is 0 Å². The number of piperidine rings is 1. The Morgan fingerprint density at radius 1 is 1.11 bits per heavy atom. The number of amides is 1. The Morgan fingerprint density at radius 2 is 1.83 bits per heavy atom. The molecular weight excluding hydrogens is 505 g/mol. The molecule has 1 aliphatic rings. The Kier molecular flexibility index (Phi) is 7.31. The summed E-state index contributed by atoms with van der Waals surface area (Å²) >= 11 is 0. The molecule has 7 nitrogen and oxygen atoms in total. The highest BCUT2D eigenvalue weighted by molar-refractivity contribution is 7.82. The molecule has 0 bridgehead atoms. The summed E-state index contributed by atoms with van der Waals surface area (Å²) in [5.74, 6) is -2.68. The number of carbonyl (C=O) groups excluding carboxylic acids is 1. The van der Waals surface area contributed by atoms with Gasteiger partial charge < -0.3 is 10.2 Å². The lowest BCUT2D eigenvalue weighted by Crippen LogP contribution is -2.36. The highest BCUT2D eigenvalue weighted by Gasteiger charge is 2.34. The fourth-order valence-electron chi connectivity index (χ4n) is 4.08. The van der Waals surface area contributed by atoms with E-state index in [0.29, 0.717) is 37.2 Å². The van der Waals surface area contributed by atoms with Crippen LogP contribution in [0.4, 0.5) is 33.5 Å². The topological polar surface area (TPSA) is 101 Å². The molecule has 0 aliphatic carbocycles. The first kappa shape index (κ1) is 25.6. The summed E-state index contributed by atoms with van der Waals surface area (Å²) in [5.41, 5.74) is -0.924. The van der Waals surface area contributed by atoms with Crippen molar-refractivity contribution in [1.82, 2.24) is 9.97 Å². The highest BCUT2D eigenvalue weighted by atomic mass is 32.2.